The average molecular weight is 499 g/mol. The van der Waals surface area contributed by atoms with E-state index in [2.05, 4.69) is 20.9 Å². The molecule has 1 aromatic carbocycles. The van der Waals surface area contributed by atoms with Crippen molar-refractivity contribution >= 4 is 34.3 Å². The Labute approximate surface area is 205 Å². The molecule has 10 nitrogen and oxygen atoms in total. The maximum atomic E-state index is 15.6. The molecule has 5 rings (SSSR count). The van der Waals surface area contributed by atoms with E-state index >= 15 is 4.39 Å². The molecule has 2 atom stereocenters. The first-order chi connectivity index (χ1) is 17.3. The van der Waals surface area contributed by atoms with Gasteiger partial charge in [0.25, 0.3) is 0 Å². The molecule has 3 aliphatic rings. The van der Waals surface area contributed by atoms with Gasteiger partial charge in [0.1, 0.15) is 12.3 Å². The van der Waals surface area contributed by atoms with Crippen LogP contribution in [0, 0.1) is 11.7 Å². The van der Waals surface area contributed by atoms with Crippen molar-refractivity contribution in [2.75, 3.05) is 45.4 Å². The summed E-state index contributed by atoms with van der Waals surface area (Å²) >= 11 is 0. The maximum absolute atomic E-state index is 15.6. The highest BCUT2D eigenvalue weighted by molar-refractivity contribution is 6.21. The number of anilines is 1. The average Bonchev–Trinajstić information content (AvgIpc) is 3.30. The molecule has 1 saturated heterocycles. The van der Waals surface area contributed by atoms with Gasteiger partial charge in [-0.15, -0.1) is 0 Å². The third-order valence-electron chi connectivity index (χ3n) is 7.03. The van der Waals surface area contributed by atoms with Crippen LogP contribution in [0.4, 0.5) is 10.1 Å². The molecular formula is C25H26FN3O7. The van der Waals surface area contributed by atoms with Crippen LogP contribution in [0.2, 0.25) is 0 Å². The number of carbonyl (C=O) groups excluding carboxylic acids is 3. The number of ketones is 1. The fourth-order valence-electron chi connectivity index (χ4n) is 5.20. The van der Waals surface area contributed by atoms with Gasteiger partial charge < -0.3 is 29.0 Å². The number of hydrogen-bond acceptors (Lipinski definition) is 9. The van der Waals surface area contributed by atoms with Gasteiger partial charge in [0, 0.05) is 25.3 Å². The van der Waals surface area contributed by atoms with E-state index in [-0.39, 0.29) is 35.5 Å². The third-order valence-corrected chi connectivity index (χ3v) is 7.03. The second-order valence-corrected chi connectivity index (χ2v) is 9.17. The van der Waals surface area contributed by atoms with Crippen molar-refractivity contribution in [2.45, 2.75) is 25.4 Å². The van der Waals surface area contributed by atoms with E-state index in [9.17, 15) is 19.2 Å². The summed E-state index contributed by atoms with van der Waals surface area (Å²) in [4.78, 5) is 53.0. The molecule has 190 valence electrons. The Hall–Kier alpha value is -3.73. The van der Waals surface area contributed by atoms with Gasteiger partial charge in [-0.1, -0.05) is 6.08 Å². The number of halogens is 1. The van der Waals surface area contributed by atoms with E-state index in [1.807, 2.05) is 11.8 Å². The predicted octanol–water partition coefficient (Wildman–Crippen LogP) is 1.35. The summed E-state index contributed by atoms with van der Waals surface area (Å²) in [5, 5.41) is 3.36. The van der Waals surface area contributed by atoms with Crippen LogP contribution in [0.25, 0.3) is 10.9 Å². The maximum Gasteiger partial charge on any atom is 0.328 e. The van der Waals surface area contributed by atoms with Crippen molar-refractivity contribution in [1.82, 2.24) is 9.88 Å². The van der Waals surface area contributed by atoms with E-state index in [1.54, 1.807) is 4.57 Å². The zero-order chi connectivity index (χ0) is 25.7. The number of fused-ring (bicyclic) bond motifs is 1. The molecule has 1 fully saturated rings. The standard InChI is InChI=1S/C25H26FN3O7/c1-12-11-36-23-19-14(7-16(26)20(23)28-8-13-5-4-6-27-17(13)10-28)21(30)15(9-29(12)19)22(31)18(24(32)34-2)25(33)35-3/h5,7,9,12,17-18,27H,4,6,8,10-11H2,1-3H3/t12-,17?/m0/s1. The Morgan fingerprint density at radius 1 is 1.22 bits per heavy atom. The number of ether oxygens (including phenoxy) is 3. The van der Waals surface area contributed by atoms with Crippen molar-refractivity contribution in [3.8, 4) is 5.75 Å². The number of rotatable bonds is 5. The lowest BCUT2D eigenvalue weighted by Gasteiger charge is -2.31. The first-order valence-electron chi connectivity index (χ1n) is 11.7. The van der Waals surface area contributed by atoms with E-state index in [1.165, 1.54) is 11.8 Å². The molecule has 4 heterocycles. The molecule has 0 spiro atoms. The monoisotopic (exact) mass is 499 g/mol. The predicted molar refractivity (Wildman–Crippen MR) is 127 cm³/mol. The van der Waals surface area contributed by atoms with E-state index in [0.717, 1.165) is 33.3 Å². The van der Waals surface area contributed by atoms with Crippen molar-refractivity contribution < 1.29 is 33.0 Å². The van der Waals surface area contributed by atoms with Crippen LogP contribution >= 0.6 is 0 Å². The van der Waals surface area contributed by atoms with Crippen LogP contribution in [0.1, 0.15) is 29.7 Å². The SMILES string of the molecule is COC(=O)C(C(=O)OC)C(=O)c1cn2c3c(c(N4CC5=CCCNC5C4)c(F)cc3c1=O)OC[C@@H]2C. The molecule has 2 aromatic rings. The number of nitrogens with zero attached hydrogens (tertiary/aromatic N) is 2. The summed E-state index contributed by atoms with van der Waals surface area (Å²) in [6, 6.07) is 0.908. The Morgan fingerprint density at radius 2 is 1.94 bits per heavy atom. The molecule has 11 heteroatoms. The first-order valence-corrected chi connectivity index (χ1v) is 11.7. The van der Waals surface area contributed by atoms with Crippen molar-refractivity contribution in [2.24, 2.45) is 5.92 Å². The molecule has 36 heavy (non-hydrogen) atoms. The second kappa shape index (κ2) is 9.05. The molecule has 1 N–H and O–H groups in total. The van der Waals surface area contributed by atoms with E-state index in [4.69, 9.17) is 4.74 Å². The summed E-state index contributed by atoms with van der Waals surface area (Å²) in [5.41, 5.74) is 0.564. The Kier molecular flexibility index (Phi) is 6.03. The highest BCUT2D eigenvalue weighted by atomic mass is 19.1. The number of Topliss-reactive ketones (excluding diaryl/α,β-unsaturated/α-hetero) is 1. The molecule has 0 saturated carbocycles. The minimum Gasteiger partial charge on any atom is -0.487 e. The lowest BCUT2D eigenvalue weighted by molar-refractivity contribution is -0.155. The minimum atomic E-state index is -1.97. The van der Waals surface area contributed by atoms with Crippen molar-refractivity contribution in [3.05, 3.63) is 45.5 Å². The number of hydrogen-bond donors (Lipinski definition) is 1. The molecule has 0 amide bonds. The molecule has 1 aromatic heterocycles. The molecule has 0 bridgehead atoms. The van der Waals surface area contributed by atoms with Crippen LogP contribution in [-0.2, 0) is 19.1 Å². The summed E-state index contributed by atoms with van der Waals surface area (Å²) in [7, 11) is 2.04. The smallest absolute Gasteiger partial charge is 0.328 e. The molecular weight excluding hydrogens is 473 g/mol. The van der Waals surface area contributed by atoms with Gasteiger partial charge in [0.15, 0.2) is 22.8 Å². The minimum absolute atomic E-state index is 0.0777. The molecule has 0 radical (unpaired) electrons. The number of carbonyl (C=O) groups is 3. The van der Waals surface area contributed by atoms with Crippen LogP contribution < -0.4 is 20.4 Å². The van der Waals surface area contributed by atoms with Gasteiger partial charge in [-0.2, -0.15) is 0 Å². The zero-order valence-electron chi connectivity index (χ0n) is 20.1. The summed E-state index contributed by atoms with van der Waals surface area (Å²) in [6.07, 6.45) is 4.38. The fourth-order valence-corrected chi connectivity index (χ4v) is 5.20. The van der Waals surface area contributed by atoms with Crippen molar-refractivity contribution in [3.63, 3.8) is 0 Å². The van der Waals surface area contributed by atoms with Crippen LogP contribution in [0.3, 0.4) is 0 Å². The summed E-state index contributed by atoms with van der Waals surface area (Å²) in [6.45, 7) is 3.94. The van der Waals surface area contributed by atoms with Gasteiger partial charge in [0.05, 0.1) is 36.7 Å². The number of esters is 2. The van der Waals surface area contributed by atoms with Crippen LogP contribution in [0.5, 0.6) is 5.75 Å². The summed E-state index contributed by atoms with van der Waals surface area (Å²) in [5.74, 6) is -5.77. The molecule has 0 aliphatic carbocycles. The number of benzene rings is 1. The topological polar surface area (TPSA) is 116 Å². The van der Waals surface area contributed by atoms with Gasteiger partial charge in [-0.05, 0) is 31.5 Å². The largest absolute Gasteiger partial charge is 0.487 e. The Balaban J connectivity index is 1.68. The lowest BCUT2D eigenvalue weighted by atomic mass is 9.96. The Morgan fingerprint density at radius 3 is 2.61 bits per heavy atom. The number of methoxy groups -OCH3 is 2. The second-order valence-electron chi connectivity index (χ2n) is 9.17. The summed E-state index contributed by atoms with van der Waals surface area (Å²) < 4.78 is 32.5. The normalized spacial score (nSPS) is 20.6. The number of aromatic nitrogens is 1. The fraction of sp³-hybridized carbons (Fsp3) is 0.440. The first kappa shape index (κ1) is 24.0. The van der Waals surface area contributed by atoms with E-state index in [0.29, 0.717) is 18.6 Å². The van der Waals surface area contributed by atoms with E-state index < -0.39 is 40.4 Å². The van der Waals surface area contributed by atoms with Crippen LogP contribution in [0.15, 0.2) is 28.7 Å². The highest BCUT2D eigenvalue weighted by Gasteiger charge is 2.40. The molecule has 1 unspecified atom stereocenters. The van der Waals surface area contributed by atoms with Gasteiger partial charge in [0.2, 0.25) is 5.92 Å². The molecule has 3 aliphatic heterocycles. The van der Waals surface area contributed by atoms with Gasteiger partial charge in [-0.3, -0.25) is 19.2 Å². The van der Waals surface area contributed by atoms with Crippen molar-refractivity contribution in [1.29, 1.82) is 0 Å². The lowest BCUT2D eigenvalue weighted by Crippen LogP contribution is -2.37. The van der Waals surface area contributed by atoms with Gasteiger partial charge in [-0.25, -0.2) is 4.39 Å². The quantitative estimate of drug-likeness (QED) is 0.282. The van der Waals surface area contributed by atoms with Crippen LogP contribution in [-0.4, -0.2) is 68.8 Å². The number of pyridine rings is 1. The van der Waals surface area contributed by atoms with Gasteiger partial charge >= 0.3 is 11.9 Å². The zero-order valence-corrected chi connectivity index (χ0v) is 20.1. The number of nitrogens with one attached hydrogen (secondary N) is 1. The third kappa shape index (κ3) is 3.65. The Bertz CT molecular complexity index is 1370. The highest BCUT2D eigenvalue weighted by Crippen LogP contribution is 2.43.